The van der Waals surface area contributed by atoms with Crippen LogP contribution < -0.4 is 5.73 Å². The summed E-state index contributed by atoms with van der Waals surface area (Å²) in [6, 6.07) is 0.828. The molecule has 3 nitrogen and oxygen atoms in total. The molecule has 3 heteroatoms. The molecule has 0 bridgehead atoms. The summed E-state index contributed by atoms with van der Waals surface area (Å²) in [5.41, 5.74) is 6.02. The number of carbonyl (C=O) groups excluding carboxylic acids is 1. The van der Waals surface area contributed by atoms with Crippen molar-refractivity contribution in [2.75, 3.05) is 6.54 Å². The topological polar surface area (TPSA) is 46.3 Å². The van der Waals surface area contributed by atoms with Crippen molar-refractivity contribution in [3.8, 4) is 0 Å². The molecule has 19 heavy (non-hydrogen) atoms. The Bertz CT molecular complexity index is 292. The van der Waals surface area contributed by atoms with Gasteiger partial charge >= 0.3 is 0 Å². The zero-order chi connectivity index (χ0) is 13.7. The van der Waals surface area contributed by atoms with Crippen LogP contribution in [0, 0.1) is 5.92 Å². The van der Waals surface area contributed by atoms with Crippen LogP contribution in [0.15, 0.2) is 0 Å². The Morgan fingerprint density at radius 2 is 2.00 bits per heavy atom. The molecule has 1 heterocycles. The molecule has 2 fully saturated rings. The van der Waals surface area contributed by atoms with E-state index in [0.717, 1.165) is 25.8 Å². The quantitative estimate of drug-likeness (QED) is 0.853. The lowest BCUT2D eigenvalue weighted by Crippen LogP contribution is -2.38. The minimum Gasteiger partial charge on any atom is -0.340 e. The van der Waals surface area contributed by atoms with Crippen LogP contribution in [-0.4, -0.2) is 29.4 Å². The number of nitrogens with two attached hydrogens (primary N) is 1. The number of carbonyl (C=O) groups is 1. The fraction of sp³-hybridized carbons (Fsp3) is 0.938. The lowest BCUT2D eigenvalue weighted by molar-refractivity contribution is -0.133. The van der Waals surface area contributed by atoms with Gasteiger partial charge in [-0.3, -0.25) is 4.79 Å². The van der Waals surface area contributed by atoms with E-state index < -0.39 is 0 Å². The smallest absolute Gasteiger partial charge is 0.222 e. The van der Waals surface area contributed by atoms with Crippen LogP contribution in [0.4, 0.5) is 0 Å². The largest absolute Gasteiger partial charge is 0.340 e. The molecule has 0 aromatic heterocycles. The van der Waals surface area contributed by atoms with Gasteiger partial charge in [-0.2, -0.15) is 0 Å². The molecular formula is C16H30N2O. The van der Waals surface area contributed by atoms with Crippen LogP contribution in [0.3, 0.4) is 0 Å². The lowest BCUT2D eigenvalue weighted by Gasteiger charge is -2.30. The van der Waals surface area contributed by atoms with Crippen molar-refractivity contribution in [1.29, 1.82) is 0 Å². The number of likely N-dealkylation sites (tertiary alicyclic amines) is 1. The van der Waals surface area contributed by atoms with Gasteiger partial charge < -0.3 is 10.6 Å². The highest BCUT2D eigenvalue weighted by Crippen LogP contribution is 2.27. The van der Waals surface area contributed by atoms with Crippen molar-refractivity contribution >= 4 is 5.91 Å². The van der Waals surface area contributed by atoms with Crippen molar-refractivity contribution < 1.29 is 4.79 Å². The highest BCUT2D eigenvalue weighted by molar-refractivity contribution is 5.76. The predicted octanol–water partition coefficient (Wildman–Crippen LogP) is 3.08. The van der Waals surface area contributed by atoms with E-state index in [-0.39, 0.29) is 0 Å². The molecule has 2 rings (SSSR count). The second-order valence-corrected chi connectivity index (χ2v) is 6.62. The van der Waals surface area contributed by atoms with Crippen molar-refractivity contribution in [3.05, 3.63) is 0 Å². The van der Waals surface area contributed by atoms with Crippen molar-refractivity contribution in [2.24, 2.45) is 11.7 Å². The number of rotatable bonds is 3. The fourth-order valence-electron chi connectivity index (χ4n) is 3.71. The third-order valence-electron chi connectivity index (χ3n) is 4.96. The summed E-state index contributed by atoms with van der Waals surface area (Å²) < 4.78 is 0. The Balaban J connectivity index is 1.76. The first-order chi connectivity index (χ1) is 9.16. The highest BCUT2D eigenvalue weighted by atomic mass is 16.2. The normalized spacial score (nSPS) is 32.9. The van der Waals surface area contributed by atoms with E-state index in [1.54, 1.807) is 0 Å². The van der Waals surface area contributed by atoms with Gasteiger partial charge in [0.05, 0.1) is 0 Å². The maximum Gasteiger partial charge on any atom is 0.222 e. The van der Waals surface area contributed by atoms with Crippen LogP contribution in [-0.2, 0) is 4.79 Å². The zero-order valence-electron chi connectivity index (χ0n) is 12.4. The van der Waals surface area contributed by atoms with Crippen LogP contribution in [0.5, 0.6) is 0 Å². The minimum atomic E-state index is 0.381. The Kier molecular flexibility index (Phi) is 5.68. The number of amides is 1. The van der Waals surface area contributed by atoms with E-state index in [1.807, 2.05) is 0 Å². The molecule has 1 aliphatic heterocycles. The van der Waals surface area contributed by atoms with Gasteiger partial charge in [0.2, 0.25) is 5.91 Å². The molecule has 0 aromatic carbocycles. The maximum absolute atomic E-state index is 12.4. The molecule has 1 aliphatic carbocycles. The van der Waals surface area contributed by atoms with Crippen molar-refractivity contribution in [3.63, 3.8) is 0 Å². The Morgan fingerprint density at radius 1 is 1.16 bits per heavy atom. The molecule has 0 aromatic rings. The molecule has 1 saturated carbocycles. The Hall–Kier alpha value is -0.570. The van der Waals surface area contributed by atoms with Crippen LogP contribution >= 0.6 is 0 Å². The Morgan fingerprint density at radius 3 is 2.79 bits per heavy atom. The van der Waals surface area contributed by atoms with Gasteiger partial charge in [0.1, 0.15) is 0 Å². The first-order valence-electron chi connectivity index (χ1n) is 8.22. The van der Waals surface area contributed by atoms with Gasteiger partial charge in [-0.25, -0.2) is 0 Å². The van der Waals surface area contributed by atoms with E-state index in [4.69, 9.17) is 5.73 Å². The molecular weight excluding hydrogens is 236 g/mol. The first-order valence-corrected chi connectivity index (χ1v) is 8.22. The van der Waals surface area contributed by atoms with E-state index in [0.29, 0.717) is 23.9 Å². The summed E-state index contributed by atoms with van der Waals surface area (Å²) in [5.74, 6) is 1.07. The van der Waals surface area contributed by atoms with E-state index in [1.165, 1.54) is 44.9 Å². The average molecular weight is 266 g/mol. The first kappa shape index (κ1) is 14.8. The van der Waals surface area contributed by atoms with Gasteiger partial charge in [-0.05, 0) is 44.9 Å². The molecule has 1 amide bonds. The van der Waals surface area contributed by atoms with E-state index in [9.17, 15) is 4.79 Å². The van der Waals surface area contributed by atoms with Crippen LogP contribution in [0.1, 0.15) is 71.1 Å². The molecule has 1 saturated heterocycles. The molecule has 3 unspecified atom stereocenters. The summed E-state index contributed by atoms with van der Waals surface area (Å²) in [6.45, 7) is 3.18. The predicted molar refractivity (Wildman–Crippen MR) is 78.8 cm³/mol. The Labute approximate surface area is 117 Å². The second-order valence-electron chi connectivity index (χ2n) is 6.62. The SMILES string of the molecule is CC1CCCCCN1C(=O)CCC1CCCC(N)C1. The summed E-state index contributed by atoms with van der Waals surface area (Å²) in [4.78, 5) is 14.5. The van der Waals surface area contributed by atoms with Crippen LogP contribution in [0.2, 0.25) is 0 Å². The maximum atomic E-state index is 12.4. The van der Waals surface area contributed by atoms with Crippen LogP contribution in [0.25, 0.3) is 0 Å². The van der Waals surface area contributed by atoms with Gasteiger partial charge in [-0.1, -0.05) is 25.7 Å². The molecule has 2 aliphatic rings. The molecule has 110 valence electrons. The van der Waals surface area contributed by atoms with Gasteiger partial charge in [0.15, 0.2) is 0 Å². The van der Waals surface area contributed by atoms with Crippen molar-refractivity contribution in [2.45, 2.75) is 83.2 Å². The molecule has 0 radical (unpaired) electrons. The van der Waals surface area contributed by atoms with Crippen molar-refractivity contribution in [1.82, 2.24) is 4.90 Å². The lowest BCUT2D eigenvalue weighted by atomic mass is 9.83. The van der Waals surface area contributed by atoms with Gasteiger partial charge in [-0.15, -0.1) is 0 Å². The number of hydrogen-bond donors (Lipinski definition) is 1. The summed E-state index contributed by atoms with van der Waals surface area (Å²) in [5, 5.41) is 0. The third kappa shape index (κ3) is 4.48. The monoisotopic (exact) mass is 266 g/mol. The summed E-state index contributed by atoms with van der Waals surface area (Å²) in [7, 11) is 0. The van der Waals surface area contributed by atoms with E-state index in [2.05, 4.69) is 11.8 Å². The fourth-order valence-corrected chi connectivity index (χ4v) is 3.71. The minimum absolute atomic E-state index is 0.381. The van der Waals surface area contributed by atoms with Gasteiger partial charge in [0.25, 0.3) is 0 Å². The van der Waals surface area contributed by atoms with Gasteiger partial charge in [0, 0.05) is 25.0 Å². The summed E-state index contributed by atoms with van der Waals surface area (Å²) >= 11 is 0. The second kappa shape index (κ2) is 7.28. The number of nitrogens with zero attached hydrogens (tertiary/aromatic N) is 1. The van der Waals surface area contributed by atoms with E-state index >= 15 is 0 Å². The molecule has 3 atom stereocenters. The highest BCUT2D eigenvalue weighted by Gasteiger charge is 2.24. The zero-order valence-corrected chi connectivity index (χ0v) is 12.4. The molecule has 2 N–H and O–H groups in total. The average Bonchev–Trinajstić information content (AvgIpc) is 2.61. The number of hydrogen-bond acceptors (Lipinski definition) is 2. The summed E-state index contributed by atoms with van der Waals surface area (Å²) in [6.07, 6.45) is 11.5. The third-order valence-corrected chi connectivity index (χ3v) is 4.96. The molecule has 0 spiro atoms. The standard InChI is InChI=1S/C16H30N2O/c1-13-6-3-2-4-11-18(13)16(19)10-9-14-7-5-8-15(17)12-14/h13-15H,2-12,17H2,1H3.